The van der Waals surface area contributed by atoms with Crippen molar-refractivity contribution in [2.24, 2.45) is 0 Å². The lowest BCUT2D eigenvalue weighted by Gasteiger charge is -2.36. The van der Waals surface area contributed by atoms with Crippen LogP contribution in [-0.4, -0.2) is 47.0 Å². The number of amides is 1. The Morgan fingerprint density at radius 3 is 2.59 bits per heavy atom. The first kappa shape index (κ1) is 21.4. The van der Waals surface area contributed by atoms with Gasteiger partial charge >= 0.3 is 0 Å². The molecule has 32 heavy (non-hydrogen) atoms. The second-order valence-electron chi connectivity index (χ2n) is 8.99. The molecule has 168 valence electrons. The van der Waals surface area contributed by atoms with Crippen molar-refractivity contribution in [3.05, 3.63) is 52.2 Å². The standard InChI is InChI=1S/C26H32N4OS/c1-2-3-13-22-27-25(24-20-11-7-8-12-21(20)32-26(24)28-22)30-16-14-29(15-17-30)23(31)18-19-9-5-4-6-10-19/h4-6,9-10H,2-3,7-8,11-18H2,1H3. The number of piperazine rings is 1. The van der Waals surface area contributed by atoms with E-state index in [1.54, 1.807) is 0 Å². The van der Waals surface area contributed by atoms with Gasteiger partial charge in [-0.05, 0) is 43.2 Å². The van der Waals surface area contributed by atoms with Gasteiger partial charge in [0.05, 0.1) is 11.8 Å². The maximum absolute atomic E-state index is 12.8. The predicted octanol–water partition coefficient (Wildman–Crippen LogP) is 4.80. The number of aryl methyl sites for hydroxylation is 3. The van der Waals surface area contributed by atoms with Gasteiger partial charge in [-0.3, -0.25) is 4.79 Å². The molecule has 0 N–H and O–H groups in total. The Hall–Kier alpha value is -2.47. The van der Waals surface area contributed by atoms with E-state index in [-0.39, 0.29) is 5.91 Å². The van der Waals surface area contributed by atoms with E-state index in [9.17, 15) is 4.79 Å². The summed E-state index contributed by atoms with van der Waals surface area (Å²) in [5, 5.41) is 1.30. The fourth-order valence-electron chi connectivity index (χ4n) is 4.91. The van der Waals surface area contributed by atoms with Crippen molar-refractivity contribution in [1.29, 1.82) is 0 Å². The van der Waals surface area contributed by atoms with Crippen LogP contribution in [0.3, 0.4) is 0 Å². The number of nitrogens with zero attached hydrogens (tertiary/aromatic N) is 4. The Morgan fingerprint density at radius 1 is 1.03 bits per heavy atom. The third-order valence-electron chi connectivity index (χ3n) is 6.73. The Morgan fingerprint density at radius 2 is 1.81 bits per heavy atom. The van der Waals surface area contributed by atoms with Crippen LogP contribution in [0.4, 0.5) is 5.82 Å². The van der Waals surface area contributed by atoms with E-state index in [0.717, 1.165) is 69.1 Å². The van der Waals surface area contributed by atoms with Crippen LogP contribution >= 0.6 is 11.3 Å². The lowest BCUT2D eigenvalue weighted by atomic mass is 9.96. The predicted molar refractivity (Wildman–Crippen MR) is 132 cm³/mol. The molecule has 2 aromatic heterocycles. The molecule has 5 nitrogen and oxygen atoms in total. The Bertz CT molecular complexity index is 1090. The van der Waals surface area contributed by atoms with Crippen molar-refractivity contribution in [2.45, 2.75) is 58.3 Å². The van der Waals surface area contributed by atoms with Gasteiger partial charge in [-0.25, -0.2) is 9.97 Å². The van der Waals surface area contributed by atoms with Crippen LogP contribution in [0.2, 0.25) is 0 Å². The molecule has 1 aromatic carbocycles. The largest absolute Gasteiger partial charge is 0.352 e. The molecule has 1 saturated heterocycles. The molecular weight excluding hydrogens is 416 g/mol. The minimum Gasteiger partial charge on any atom is -0.352 e. The summed E-state index contributed by atoms with van der Waals surface area (Å²) in [6.07, 6.45) is 8.58. The van der Waals surface area contributed by atoms with Crippen LogP contribution in [0, 0.1) is 0 Å². The molecule has 0 saturated carbocycles. The number of benzene rings is 1. The Balaban J connectivity index is 1.37. The van der Waals surface area contributed by atoms with Gasteiger partial charge in [0.15, 0.2) is 0 Å². The molecule has 6 heteroatoms. The van der Waals surface area contributed by atoms with E-state index < -0.39 is 0 Å². The number of carbonyl (C=O) groups is 1. The summed E-state index contributed by atoms with van der Waals surface area (Å²) in [6.45, 7) is 5.41. The molecule has 3 aromatic rings. The summed E-state index contributed by atoms with van der Waals surface area (Å²) in [7, 11) is 0. The normalized spacial score (nSPS) is 16.4. The molecular formula is C26H32N4OS. The molecule has 2 aliphatic rings. The fourth-order valence-corrected chi connectivity index (χ4v) is 6.18. The number of anilines is 1. The van der Waals surface area contributed by atoms with Crippen molar-refractivity contribution in [1.82, 2.24) is 14.9 Å². The van der Waals surface area contributed by atoms with Gasteiger partial charge in [0.25, 0.3) is 0 Å². The minimum atomic E-state index is 0.222. The van der Waals surface area contributed by atoms with E-state index in [2.05, 4.69) is 11.8 Å². The molecule has 5 rings (SSSR count). The van der Waals surface area contributed by atoms with Gasteiger partial charge in [0, 0.05) is 37.5 Å². The van der Waals surface area contributed by atoms with Crippen LogP contribution in [0.1, 0.15) is 54.4 Å². The Labute approximate surface area is 194 Å². The lowest BCUT2D eigenvalue weighted by Crippen LogP contribution is -2.49. The molecule has 0 radical (unpaired) electrons. The number of aromatic nitrogens is 2. The van der Waals surface area contributed by atoms with Crippen molar-refractivity contribution in [3.8, 4) is 0 Å². The second kappa shape index (κ2) is 9.57. The van der Waals surface area contributed by atoms with E-state index >= 15 is 0 Å². The highest BCUT2D eigenvalue weighted by molar-refractivity contribution is 7.19. The smallest absolute Gasteiger partial charge is 0.227 e. The van der Waals surface area contributed by atoms with Gasteiger partial charge in [0.1, 0.15) is 16.5 Å². The van der Waals surface area contributed by atoms with E-state index in [1.807, 2.05) is 46.6 Å². The highest BCUT2D eigenvalue weighted by Crippen LogP contribution is 2.40. The van der Waals surface area contributed by atoms with Crippen LogP contribution in [0.15, 0.2) is 30.3 Å². The number of unbranched alkanes of at least 4 members (excludes halogenated alkanes) is 1. The lowest BCUT2D eigenvalue weighted by molar-refractivity contribution is -0.130. The number of hydrogen-bond acceptors (Lipinski definition) is 5. The number of carbonyl (C=O) groups excluding carboxylic acids is 1. The molecule has 1 aliphatic heterocycles. The average molecular weight is 449 g/mol. The summed E-state index contributed by atoms with van der Waals surface area (Å²) in [5.74, 6) is 2.33. The number of fused-ring (bicyclic) bond motifs is 3. The summed E-state index contributed by atoms with van der Waals surface area (Å²) in [5.41, 5.74) is 2.58. The first-order valence-electron chi connectivity index (χ1n) is 12.1. The average Bonchev–Trinajstić information content (AvgIpc) is 3.21. The van der Waals surface area contributed by atoms with E-state index in [0.29, 0.717) is 6.42 Å². The molecule has 3 heterocycles. The summed E-state index contributed by atoms with van der Waals surface area (Å²) < 4.78 is 0. The SMILES string of the molecule is CCCCc1nc(N2CCN(C(=O)Cc3ccccc3)CC2)c2c3c(sc2n1)CCCC3. The number of rotatable bonds is 6. The molecule has 0 atom stereocenters. The van der Waals surface area contributed by atoms with Crippen LogP contribution in [0.5, 0.6) is 0 Å². The molecule has 1 aliphatic carbocycles. The monoisotopic (exact) mass is 448 g/mol. The zero-order valence-corrected chi connectivity index (χ0v) is 19.8. The summed E-state index contributed by atoms with van der Waals surface area (Å²) in [4.78, 5) is 30.0. The van der Waals surface area contributed by atoms with E-state index in [4.69, 9.17) is 9.97 Å². The van der Waals surface area contributed by atoms with Crippen molar-refractivity contribution in [2.75, 3.05) is 31.1 Å². The van der Waals surface area contributed by atoms with Crippen LogP contribution < -0.4 is 4.90 Å². The molecule has 0 bridgehead atoms. The maximum Gasteiger partial charge on any atom is 0.227 e. The van der Waals surface area contributed by atoms with Gasteiger partial charge in [-0.15, -0.1) is 11.3 Å². The number of hydrogen-bond donors (Lipinski definition) is 0. The number of thiophene rings is 1. The highest BCUT2D eigenvalue weighted by atomic mass is 32.1. The second-order valence-corrected chi connectivity index (χ2v) is 10.1. The van der Waals surface area contributed by atoms with Crippen molar-refractivity contribution < 1.29 is 4.79 Å². The molecule has 0 spiro atoms. The topological polar surface area (TPSA) is 49.3 Å². The van der Waals surface area contributed by atoms with Crippen molar-refractivity contribution >= 4 is 33.3 Å². The third-order valence-corrected chi connectivity index (χ3v) is 7.91. The quantitative estimate of drug-likeness (QED) is 0.543. The third kappa shape index (κ3) is 4.38. The highest BCUT2D eigenvalue weighted by Gasteiger charge is 2.27. The zero-order chi connectivity index (χ0) is 21.9. The minimum absolute atomic E-state index is 0.222. The van der Waals surface area contributed by atoms with Gasteiger partial charge in [0.2, 0.25) is 5.91 Å². The molecule has 1 amide bonds. The fraction of sp³-hybridized carbons (Fsp3) is 0.500. The van der Waals surface area contributed by atoms with Gasteiger partial charge in [-0.2, -0.15) is 0 Å². The first-order chi connectivity index (χ1) is 15.7. The zero-order valence-electron chi connectivity index (χ0n) is 19.0. The van der Waals surface area contributed by atoms with E-state index in [1.165, 1.54) is 39.9 Å². The molecule has 0 unspecified atom stereocenters. The van der Waals surface area contributed by atoms with Gasteiger partial charge in [-0.1, -0.05) is 43.7 Å². The summed E-state index contributed by atoms with van der Waals surface area (Å²) in [6, 6.07) is 10.1. The van der Waals surface area contributed by atoms with Crippen molar-refractivity contribution in [3.63, 3.8) is 0 Å². The summed E-state index contributed by atoms with van der Waals surface area (Å²) >= 11 is 1.89. The Kier molecular flexibility index (Phi) is 6.39. The maximum atomic E-state index is 12.8. The van der Waals surface area contributed by atoms with Gasteiger partial charge < -0.3 is 9.80 Å². The van der Waals surface area contributed by atoms with Crippen LogP contribution in [0.25, 0.3) is 10.2 Å². The van der Waals surface area contributed by atoms with Crippen LogP contribution in [-0.2, 0) is 30.5 Å². The molecule has 1 fully saturated rings. The first-order valence-corrected chi connectivity index (χ1v) is 12.9.